The van der Waals surface area contributed by atoms with Gasteiger partial charge in [-0.1, -0.05) is 0 Å². The van der Waals surface area contributed by atoms with E-state index in [0.717, 1.165) is 0 Å². The van der Waals surface area contributed by atoms with Gasteiger partial charge in [0.05, 0.1) is 22.8 Å². The molecule has 1 atom stereocenters. The molecule has 0 spiro atoms. The lowest BCUT2D eigenvalue weighted by molar-refractivity contribution is 0.0528. The molecule has 1 aromatic heterocycles. The number of esters is 1. The van der Waals surface area contributed by atoms with E-state index < -0.39 is 11.6 Å². The number of nitrogen functional groups attached to an aromatic ring is 1. The van der Waals surface area contributed by atoms with Gasteiger partial charge in [0.25, 0.3) is 0 Å². The van der Waals surface area contributed by atoms with Crippen LogP contribution >= 0.6 is 11.3 Å². The van der Waals surface area contributed by atoms with Crippen LogP contribution in [0.3, 0.4) is 0 Å². The molecule has 0 bridgehead atoms. The van der Waals surface area contributed by atoms with Gasteiger partial charge in [-0.15, -0.1) is 11.3 Å². The summed E-state index contributed by atoms with van der Waals surface area (Å²) in [6.45, 7) is 6.13. The Balaban J connectivity index is 2.46. The molecular formula is C14H20N2O4S. The number of nitrogens with two attached hydrogens (primary N) is 1. The first-order valence-electron chi connectivity index (χ1n) is 6.84. The minimum absolute atomic E-state index is 0.174. The summed E-state index contributed by atoms with van der Waals surface area (Å²) in [7, 11) is 0. The van der Waals surface area contributed by atoms with E-state index >= 15 is 0 Å². The largest absolute Gasteiger partial charge is 0.462 e. The van der Waals surface area contributed by atoms with Gasteiger partial charge in [0.1, 0.15) is 10.6 Å². The maximum absolute atomic E-state index is 12.1. The summed E-state index contributed by atoms with van der Waals surface area (Å²) >= 11 is 1.19. The number of β-amino-alcohol motifs (C(OH)–C–C–N with tert-alkyl or cyclic N) is 1. The van der Waals surface area contributed by atoms with Crippen LogP contribution in [-0.2, 0) is 4.74 Å². The Morgan fingerprint density at radius 1 is 1.52 bits per heavy atom. The van der Waals surface area contributed by atoms with Gasteiger partial charge in [-0.2, -0.15) is 0 Å². The molecule has 0 radical (unpaired) electrons. The van der Waals surface area contributed by atoms with Crippen molar-refractivity contribution in [3.05, 3.63) is 10.4 Å². The second-order valence-corrected chi connectivity index (χ2v) is 6.47. The standard InChI is InChI=1S/C14H20N2O4S/c1-4-20-13(18)9-10(15)11(8(2)17)21-12(9)16-6-5-14(3,19)7-16/h19H,4-7,15H2,1-3H3. The van der Waals surface area contributed by atoms with Crippen LogP contribution in [0, 0.1) is 0 Å². The average Bonchev–Trinajstić information content (AvgIpc) is 2.89. The summed E-state index contributed by atoms with van der Waals surface area (Å²) in [6, 6.07) is 0. The zero-order valence-corrected chi connectivity index (χ0v) is 13.2. The number of ether oxygens (including phenoxy) is 1. The highest BCUT2D eigenvalue weighted by Crippen LogP contribution is 2.41. The Kier molecular flexibility index (Phi) is 4.25. The van der Waals surface area contributed by atoms with Crippen molar-refractivity contribution in [2.45, 2.75) is 32.8 Å². The summed E-state index contributed by atoms with van der Waals surface area (Å²) in [5, 5.41) is 10.7. The fourth-order valence-electron chi connectivity index (χ4n) is 2.43. The van der Waals surface area contributed by atoms with E-state index in [1.165, 1.54) is 18.3 Å². The molecule has 1 aliphatic rings. The van der Waals surface area contributed by atoms with Gasteiger partial charge in [-0.05, 0) is 20.3 Å². The Morgan fingerprint density at radius 2 is 2.19 bits per heavy atom. The van der Waals surface area contributed by atoms with E-state index in [0.29, 0.717) is 29.4 Å². The van der Waals surface area contributed by atoms with Crippen LogP contribution in [0.25, 0.3) is 0 Å². The second-order valence-electron chi connectivity index (χ2n) is 5.47. The van der Waals surface area contributed by atoms with E-state index in [9.17, 15) is 14.7 Å². The summed E-state index contributed by atoms with van der Waals surface area (Å²) in [4.78, 5) is 26.1. The van der Waals surface area contributed by atoms with Gasteiger partial charge in [-0.25, -0.2) is 4.79 Å². The first-order chi connectivity index (χ1) is 9.76. The Bertz CT molecular complexity index is 580. The molecule has 0 amide bonds. The van der Waals surface area contributed by atoms with Crippen LogP contribution in [0.5, 0.6) is 0 Å². The molecule has 7 heteroatoms. The molecule has 1 unspecified atom stereocenters. The maximum Gasteiger partial charge on any atom is 0.343 e. The highest BCUT2D eigenvalue weighted by Gasteiger charge is 2.36. The Morgan fingerprint density at radius 3 is 2.67 bits per heavy atom. The molecule has 1 fully saturated rings. The highest BCUT2D eigenvalue weighted by molar-refractivity contribution is 7.19. The molecular weight excluding hydrogens is 292 g/mol. The molecule has 3 N–H and O–H groups in total. The van der Waals surface area contributed by atoms with Crippen molar-refractivity contribution in [3.8, 4) is 0 Å². The van der Waals surface area contributed by atoms with Crippen molar-refractivity contribution >= 4 is 33.8 Å². The molecule has 1 aliphatic heterocycles. The quantitative estimate of drug-likeness (QED) is 0.649. The first-order valence-corrected chi connectivity index (χ1v) is 7.66. The van der Waals surface area contributed by atoms with Crippen molar-refractivity contribution < 1.29 is 19.4 Å². The van der Waals surface area contributed by atoms with Crippen molar-refractivity contribution in [1.29, 1.82) is 0 Å². The van der Waals surface area contributed by atoms with Crippen molar-refractivity contribution in [2.75, 3.05) is 30.3 Å². The van der Waals surface area contributed by atoms with Gasteiger partial charge in [0.2, 0.25) is 0 Å². The number of carbonyl (C=O) groups excluding carboxylic acids is 2. The number of carbonyl (C=O) groups is 2. The fraction of sp³-hybridized carbons (Fsp3) is 0.571. The lowest BCUT2D eigenvalue weighted by Gasteiger charge is -2.20. The number of rotatable bonds is 4. The van der Waals surface area contributed by atoms with Crippen LogP contribution in [-0.4, -0.2) is 42.2 Å². The number of hydrogen-bond donors (Lipinski definition) is 2. The predicted molar refractivity (Wildman–Crippen MR) is 82.1 cm³/mol. The van der Waals surface area contributed by atoms with Gasteiger partial charge in [0.15, 0.2) is 5.78 Å². The molecule has 2 heterocycles. The SMILES string of the molecule is CCOC(=O)c1c(N2CCC(C)(O)C2)sc(C(C)=O)c1N. The first kappa shape index (κ1) is 15.8. The molecule has 0 aromatic carbocycles. The van der Waals surface area contributed by atoms with Gasteiger partial charge >= 0.3 is 5.97 Å². The maximum atomic E-state index is 12.1. The van der Waals surface area contributed by atoms with Crippen LogP contribution in [0.15, 0.2) is 0 Å². The smallest absolute Gasteiger partial charge is 0.343 e. The molecule has 0 saturated carbocycles. The van der Waals surface area contributed by atoms with Crippen LogP contribution < -0.4 is 10.6 Å². The number of thiophene rings is 1. The minimum Gasteiger partial charge on any atom is -0.462 e. The topological polar surface area (TPSA) is 92.9 Å². The third kappa shape index (κ3) is 3.03. The van der Waals surface area contributed by atoms with E-state index in [4.69, 9.17) is 10.5 Å². The number of Topliss-reactive ketones (excluding diaryl/α,β-unsaturated/α-hetero) is 1. The zero-order valence-electron chi connectivity index (χ0n) is 12.4. The molecule has 21 heavy (non-hydrogen) atoms. The summed E-state index contributed by atoms with van der Waals surface area (Å²) < 4.78 is 5.04. The average molecular weight is 312 g/mol. The second kappa shape index (κ2) is 5.65. The number of nitrogens with zero attached hydrogens (tertiary/aromatic N) is 1. The van der Waals surface area contributed by atoms with E-state index in [1.54, 1.807) is 13.8 Å². The Labute approximate surface area is 127 Å². The summed E-state index contributed by atoms with van der Waals surface area (Å²) in [6.07, 6.45) is 0.600. The van der Waals surface area contributed by atoms with Crippen molar-refractivity contribution in [2.24, 2.45) is 0 Å². The molecule has 6 nitrogen and oxygen atoms in total. The van der Waals surface area contributed by atoms with Crippen molar-refractivity contribution in [3.63, 3.8) is 0 Å². The zero-order chi connectivity index (χ0) is 15.8. The monoisotopic (exact) mass is 312 g/mol. The fourth-order valence-corrected chi connectivity index (χ4v) is 3.56. The van der Waals surface area contributed by atoms with Crippen LogP contribution in [0.1, 0.15) is 47.2 Å². The number of aliphatic hydroxyl groups is 1. The predicted octanol–water partition coefficient (Wildman–Crippen LogP) is 1.67. The normalized spacial score (nSPS) is 21.6. The molecule has 1 aromatic rings. The minimum atomic E-state index is -0.804. The summed E-state index contributed by atoms with van der Waals surface area (Å²) in [5.74, 6) is -0.708. The van der Waals surface area contributed by atoms with Gasteiger partial charge in [-0.3, -0.25) is 4.79 Å². The molecule has 116 valence electrons. The van der Waals surface area contributed by atoms with Crippen LogP contribution in [0.4, 0.5) is 10.7 Å². The third-order valence-electron chi connectivity index (χ3n) is 3.46. The highest BCUT2D eigenvalue weighted by atomic mass is 32.1. The number of ketones is 1. The van der Waals surface area contributed by atoms with E-state index in [1.807, 2.05) is 4.90 Å². The van der Waals surface area contributed by atoms with Crippen LogP contribution in [0.2, 0.25) is 0 Å². The number of hydrogen-bond acceptors (Lipinski definition) is 7. The molecule has 2 rings (SSSR count). The van der Waals surface area contributed by atoms with E-state index in [-0.39, 0.29) is 23.6 Å². The Hall–Kier alpha value is -1.60. The molecule has 0 aliphatic carbocycles. The van der Waals surface area contributed by atoms with Gasteiger partial charge in [0, 0.05) is 20.0 Å². The lowest BCUT2D eigenvalue weighted by Crippen LogP contribution is -2.30. The van der Waals surface area contributed by atoms with Crippen molar-refractivity contribution in [1.82, 2.24) is 0 Å². The lowest BCUT2D eigenvalue weighted by atomic mass is 10.1. The molecule has 1 saturated heterocycles. The van der Waals surface area contributed by atoms with Gasteiger partial charge < -0.3 is 20.5 Å². The number of anilines is 2. The summed E-state index contributed by atoms with van der Waals surface area (Å²) in [5.41, 5.74) is 5.58. The third-order valence-corrected chi connectivity index (χ3v) is 4.83. The van der Waals surface area contributed by atoms with E-state index in [2.05, 4.69) is 0 Å².